The van der Waals surface area contributed by atoms with E-state index in [1.807, 2.05) is 38.1 Å². The highest BCUT2D eigenvalue weighted by Gasteiger charge is 2.40. The zero-order valence-corrected chi connectivity index (χ0v) is 15.4. The van der Waals surface area contributed by atoms with Crippen LogP contribution in [0.4, 0.5) is 5.69 Å². The normalized spacial score (nSPS) is 16.0. The van der Waals surface area contributed by atoms with Gasteiger partial charge in [0.25, 0.3) is 0 Å². The van der Waals surface area contributed by atoms with Crippen LogP contribution in [-0.4, -0.2) is 31.9 Å². The molecule has 0 unspecified atom stereocenters. The van der Waals surface area contributed by atoms with E-state index >= 15 is 0 Å². The number of carbonyl (C=O) groups excluding carboxylic acids is 1. The smallest absolute Gasteiger partial charge is 0.287 e. The molecule has 0 aromatic heterocycles. The molecular formula is C19H18N2O4S. The van der Waals surface area contributed by atoms with Crippen LogP contribution in [0, 0.1) is 0 Å². The highest BCUT2D eigenvalue weighted by molar-refractivity contribution is 7.85. The van der Waals surface area contributed by atoms with E-state index in [4.69, 9.17) is 0 Å². The Hall–Kier alpha value is -2.80. The van der Waals surface area contributed by atoms with Crippen LogP contribution in [-0.2, 0) is 19.8 Å². The topological polar surface area (TPSA) is 85.2 Å². The summed E-state index contributed by atoms with van der Waals surface area (Å²) in [5.74, 6) is -0.450. The van der Waals surface area contributed by atoms with E-state index in [9.17, 15) is 13.2 Å². The molecule has 0 saturated heterocycles. The van der Waals surface area contributed by atoms with Crippen LogP contribution in [0.3, 0.4) is 0 Å². The van der Waals surface area contributed by atoms with E-state index < -0.39 is 21.3 Å². The molecule has 0 atom stereocenters. The lowest BCUT2D eigenvalue weighted by atomic mass is 9.78. The molecule has 7 heteroatoms. The lowest BCUT2D eigenvalue weighted by Gasteiger charge is -2.22. The third-order valence-corrected chi connectivity index (χ3v) is 4.49. The van der Waals surface area contributed by atoms with Crippen LogP contribution in [0.25, 0.3) is 0 Å². The Kier molecular flexibility index (Phi) is 4.50. The van der Waals surface area contributed by atoms with Crippen molar-refractivity contribution in [3.8, 4) is 0 Å². The maximum absolute atomic E-state index is 13.0. The van der Waals surface area contributed by atoms with Crippen LogP contribution >= 0.6 is 0 Å². The van der Waals surface area contributed by atoms with Gasteiger partial charge in [-0.25, -0.2) is 4.99 Å². The number of para-hydroxylation sites is 1. The molecule has 3 rings (SSSR count). The molecule has 1 heterocycles. The van der Waals surface area contributed by atoms with Crippen molar-refractivity contribution in [3.05, 3.63) is 65.7 Å². The van der Waals surface area contributed by atoms with E-state index in [0.29, 0.717) is 11.3 Å². The summed E-state index contributed by atoms with van der Waals surface area (Å²) in [5, 5.41) is 3.68. The molecular weight excluding hydrogens is 352 g/mol. The van der Waals surface area contributed by atoms with Crippen molar-refractivity contribution < 1.29 is 17.5 Å². The van der Waals surface area contributed by atoms with Crippen LogP contribution in [0.2, 0.25) is 0 Å². The Bertz CT molecular complexity index is 1020. The Labute approximate surface area is 152 Å². The van der Waals surface area contributed by atoms with E-state index in [1.54, 1.807) is 30.3 Å². The number of aliphatic imine (C=N–C) groups is 1. The number of hydrogen-bond acceptors (Lipinski definition) is 6. The Morgan fingerprint density at radius 2 is 1.65 bits per heavy atom. The number of nitrogens with zero attached hydrogens (tertiary/aromatic N) is 2. The number of oxime groups is 1. The number of benzene rings is 2. The van der Waals surface area contributed by atoms with E-state index in [2.05, 4.69) is 14.4 Å². The molecule has 0 amide bonds. The first-order valence-electron chi connectivity index (χ1n) is 7.95. The number of Topliss-reactive ketones (excluding diaryl/α,β-unsaturated/α-hetero) is 1. The van der Waals surface area contributed by atoms with Gasteiger partial charge in [-0.3, -0.25) is 9.08 Å². The van der Waals surface area contributed by atoms with Crippen molar-refractivity contribution in [1.82, 2.24) is 0 Å². The molecule has 0 saturated carbocycles. The summed E-state index contributed by atoms with van der Waals surface area (Å²) in [5.41, 5.74) is 1.65. The monoisotopic (exact) mass is 370 g/mol. The van der Waals surface area contributed by atoms with E-state index in [1.165, 1.54) is 0 Å². The van der Waals surface area contributed by atoms with Crippen molar-refractivity contribution in [3.63, 3.8) is 0 Å². The summed E-state index contributed by atoms with van der Waals surface area (Å²) in [6.07, 6.45) is 0.872. The van der Waals surface area contributed by atoms with Gasteiger partial charge in [0.05, 0.1) is 17.7 Å². The SMILES string of the molecule is CC1(C)C(C(=NOS(C)(=O)=O)C(=O)c2ccccc2)=Nc2ccccc21. The third-order valence-electron chi connectivity index (χ3n) is 4.14. The van der Waals surface area contributed by atoms with Crippen molar-refractivity contribution in [2.24, 2.45) is 10.1 Å². The molecule has 0 radical (unpaired) electrons. The van der Waals surface area contributed by atoms with Crippen molar-refractivity contribution in [2.75, 3.05) is 6.26 Å². The lowest BCUT2D eigenvalue weighted by molar-refractivity contribution is 0.106. The van der Waals surface area contributed by atoms with E-state index in [0.717, 1.165) is 17.5 Å². The Morgan fingerprint density at radius 1 is 1.04 bits per heavy atom. The van der Waals surface area contributed by atoms with Crippen molar-refractivity contribution in [2.45, 2.75) is 19.3 Å². The van der Waals surface area contributed by atoms with Gasteiger partial charge in [-0.2, -0.15) is 8.42 Å². The minimum absolute atomic E-state index is 0.122. The van der Waals surface area contributed by atoms with Gasteiger partial charge < -0.3 is 0 Å². The molecule has 26 heavy (non-hydrogen) atoms. The Balaban J connectivity index is 2.12. The zero-order chi connectivity index (χ0) is 18.9. The molecule has 0 fully saturated rings. The lowest BCUT2D eigenvalue weighted by Crippen LogP contribution is -2.37. The predicted octanol–water partition coefficient (Wildman–Crippen LogP) is 3.27. The van der Waals surface area contributed by atoms with Crippen molar-refractivity contribution >= 4 is 33.0 Å². The summed E-state index contributed by atoms with van der Waals surface area (Å²) >= 11 is 0. The molecule has 2 aromatic carbocycles. The molecule has 6 nitrogen and oxygen atoms in total. The quantitative estimate of drug-likeness (QED) is 0.459. The molecule has 2 aromatic rings. The highest BCUT2D eigenvalue weighted by atomic mass is 32.2. The van der Waals surface area contributed by atoms with Crippen LogP contribution in [0.15, 0.2) is 64.7 Å². The van der Waals surface area contributed by atoms with Gasteiger partial charge >= 0.3 is 10.1 Å². The van der Waals surface area contributed by atoms with Crippen LogP contribution in [0.1, 0.15) is 29.8 Å². The fourth-order valence-corrected chi connectivity index (χ4v) is 3.07. The number of hydrogen-bond donors (Lipinski definition) is 0. The summed E-state index contributed by atoms with van der Waals surface area (Å²) in [6.45, 7) is 3.82. The molecule has 134 valence electrons. The number of ketones is 1. The second-order valence-electron chi connectivity index (χ2n) is 6.52. The van der Waals surface area contributed by atoms with Gasteiger partial charge in [0, 0.05) is 11.0 Å². The fraction of sp³-hybridized carbons (Fsp3) is 0.211. The first-order valence-corrected chi connectivity index (χ1v) is 9.77. The highest BCUT2D eigenvalue weighted by Crippen LogP contribution is 2.40. The van der Waals surface area contributed by atoms with Gasteiger partial charge in [0.2, 0.25) is 5.78 Å². The predicted molar refractivity (Wildman–Crippen MR) is 101 cm³/mol. The van der Waals surface area contributed by atoms with Gasteiger partial charge in [0.1, 0.15) is 0 Å². The number of fused-ring (bicyclic) bond motifs is 1. The summed E-state index contributed by atoms with van der Waals surface area (Å²) in [7, 11) is -3.86. The van der Waals surface area contributed by atoms with Gasteiger partial charge in [-0.05, 0) is 25.5 Å². The summed E-state index contributed by atoms with van der Waals surface area (Å²) in [4.78, 5) is 17.5. The maximum atomic E-state index is 13.0. The standard InChI is InChI=1S/C19H18N2O4S/c1-19(2)14-11-7-8-12-15(14)20-18(19)16(21-25-26(3,23)24)17(22)13-9-5-4-6-10-13/h4-12H,1-3H3. The zero-order valence-electron chi connectivity index (χ0n) is 14.6. The maximum Gasteiger partial charge on any atom is 0.325 e. The fourth-order valence-electron chi connectivity index (χ4n) is 2.86. The second kappa shape index (κ2) is 6.49. The molecule has 0 spiro atoms. The van der Waals surface area contributed by atoms with Crippen LogP contribution < -0.4 is 0 Å². The number of carbonyl (C=O) groups is 1. The van der Waals surface area contributed by atoms with E-state index in [-0.39, 0.29) is 5.71 Å². The first kappa shape index (κ1) is 18.0. The first-order chi connectivity index (χ1) is 12.2. The van der Waals surface area contributed by atoms with Crippen molar-refractivity contribution in [1.29, 1.82) is 0 Å². The van der Waals surface area contributed by atoms with Crippen LogP contribution in [0.5, 0.6) is 0 Å². The van der Waals surface area contributed by atoms with Gasteiger partial charge in [-0.1, -0.05) is 53.7 Å². The average Bonchev–Trinajstić information content (AvgIpc) is 2.86. The number of rotatable bonds is 5. The summed E-state index contributed by atoms with van der Waals surface area (Å²) < 4.78 is 27.4. The van der Waals surface area contributed by atoms with Gasteiger partial charge in [0.15, 0.2) is 5.71 Å². The molecule has 0 aliphatic carbocycles. The third kappa shape index (κ3) is 3.43. The minimum Gasteiger partial charge on any atom is -0.287 e. The Morgan fingerprint density at radius 3 is 2.27 bits per heavy atom. The molecule has 0 bridgehead atoms. The minimum atomic E-state index is -3.86. The largest absolute Gasteiger partial charge is 0.325 e. The molecule has 1 aliphatic rings. The molecule has 0 N–H and O–H groups in total. The van der Waals surface area contributed by atoms with Gasteiger partial charge in [-0.15, -0.1) is 0 Å². The summed E-state index contributed by atoms with van der Waals surface area (Å²) in [6, 6.07) is 16.0. The average molecular weight is 370 g/mol. The molecule has 1 aliphatic heterocycles. The second-order valence-corrected chi connectivity index (χ2v) is 8.07.